The molecule has 6 nitrogen and oxygen atoms in total. The molecule has 1 saturated heterocycles. The lowest BCUT2D eigenvalue weighted by atomic mass is 10.1. The van der Waals surface area contributed by atoms with Crippen LogP contribution in [0.3, 0.4) is 0 Å². The molecule has 10 heteroatoms. The number of methoxy groups -OCH3 is 1. The number of ether oxygens (including phenoxy) is 2. The van der Waals surface area contributed by atoms with Crippen molar-refractivity contribution in [3.8, 4) is 11.5 Å². The second-order valence-corrected chi connectivity index (χ2v) is 10.2. The zero-order valence-electron chi connectivity index (χ0n) is 18.3. The molecule has 35 heavy (non-hydrogen) atoms. The van der Waals surface area contributed by atoms with Crippen LogP contribution in [0.5, 0.6) is 11.5 Å². The van der Waals surface area contributed by atoms with Gasteiger partial charge in [-0.2, -0.15) is 0 Å². The van der Waals surface area contributed by atoms with Crippen LogP contribution in [-0.2, 0) is 9.59 Å². The number of rotatable bonds is 7. The quantitative estimate of drug-likeness (QED) is 0.250. The predicted molar refractivity (Wildman–Crippen MR) is 148 cm³/mol. The Morgan fingerprint density at radius 1 is 1.17 bits per heavy atom. The van der Waals surface area contributed by atoms with E-state index in [2.05, 4.69) is 21.2 Å². The number of hydrogen-bond donors (Lipinski definition) is 1. The van der Waals surface area contributed by atoms with Crippen molar-refractivity contribution in [3.63, 3.8) is 0 Å². The van der Waals surface area contributed by atoms with Crippen LogP contribution in [0.1, 0.15) is 5.56 Å². The summed E-state index contributed by atoms with van der Waals surface area (Å²) in [5.41, 5.74) is 2.04. The number of anilines is 2. The molecule has 1 aliphatic heterocycles. The molecule has 1 N–H and O–H groups in total. The zero-order valence-corrected chi connectivity index (χ0v) is 22.3. The normalized spacial score (nSPS) is 14.4. The van der Waals surface area contributed by atoms with E-state index in [4.69, 9.17) is 33.3 Å². The minimum atomic E-state index is -0.338. The molecule has 0 saturated carbocycles. The first-order chi connectivity index (χ1) is 16.9. The number of halogens is 2. The van der Waals surface area contributed by atoms with Gasteiger partial charge in [-0.25, -0.2) is 0 Å². The van der Waals surface area contributed by atoms with E-state index in [1.165, 1.54) is 23.8 Å². The van der Waals surface area contributed by atoms with Gasteiger partial charge in [0.05, 0.1) is 22.2 Å². The Morgan fingerprint density at radius 2 is 1.89 bits per heavy atom. The van der Waals surface area contributed by atoms with Crippen molar-refractivity contribution in [2.75, 3.05) is 23.9 Å². The second-order valence-electron chi connectivity index (χ2n) is 7.23. The molecule has 1 fully saturated rings. The first kappa shape index (κ1) is 25.2. The molecule has 3 aromatic carbocycles. The average Bonchev–Trinajstić information content (AvgIpc) is 3.12. The second kappa shape index (κ2) is 11.3. The lowest BCUT2D eigenvalue weighted by Crippen LogP contribution is -2.27. The highest BCUT2D eigenvalue weighted by molar-refractivity contribution is 9.10. The number of para-hydroxylation sites is 1. The number of nitrogens with zero attached hydrogens (tertiary/aromatic N) is 1. The number of thiocarbonyl (C=S) groups is 1. The van der Waals surface area contributed by atoms with Gasteiger partial charge in [0.2, 0.25) is 0 Å². The topological polar surface area (TPSA) is 67.9 Å². The Morgan fingerprint density at radius 3 is 2.57 bits per heavy atom. The van der Waals surface area contributed by atoms with Crippen molar-refractivity contribution >= 4 is 85.1 Å². The molecule has 0 aromatic heterocycles. The molecular weight excluding hydrogens is 572 g/mol. The van der Waals surface area contributed by atoms with Gasteiger partial charge in [-0.15, -0.1) is 0 Å². The van der Waals surface area contributed by atoms with Gasteiger partial charge < -0.3 is 14.8 Å². The van der Waals surface area contributed by atoms with E-state index >= 15 is 0 Å². The van der Waals surface area contributed by atoms with Gasteiger partial charge in [-0.3, -0.25) is 14.5 Å². The fourth-order valence-corrected chi connectivity index (χ4v) is 5.25. The SMILES string of the molecule is COc1cc(/C=C2\SC(=S)N(c3ccccc3)C2=O)cc(Br)c1OCC(=O)Nc1ccc(Cl)cc1. The Bertz CT molecular complexity index is 1320. The molecule has 1 heterocycles. The third-order valence-electron chi connectivity index (χ3n) is 4.83. The first-order valence-electron chi connectivity index (χ1n) is 10.2. The van der Waals surface area contributed by atoms with Gasteiger partial charge >= 0.3 is 0 Å². The third-order valence-corrected chi connectivity index (χ3v) is 6.98. The van der Waals surface area contributed by atoms with E-state index in [0.717, 1.165) is 5.69 Å². The highest BCUT2D eigenvalue weighted by Crippen LogP contribution is 2.40. The highest BCUT2D eigenvalue weighted by Gasteiger charge is 2.33. The summed E-state index contributed by atoms with van der Waals surface area (Å²) in [7, 11) is 1.50. The fraction of sp³-hybridized carbons (Fsp3) is 0.0800. The van der Waals surface area contributed by atoms with Crippen LogP contribution in [0, 0.1) is 0 Å². The molecule has 1 aliphatic rings. The molecular formula is C25H18BrClN2O4S2. The lowest BCUT2D eigenvalue weighted by molar-refractivity contribution is -0.118. The Hall–Kier alpha value is -2.85. The van der Waals surface area contributed by atoms with Crippen molar-refractivity contribution in [2.24, 2.45) is 0 Å². The maximum Gasteiger partial charge on any atom is 0.270 e. The van der Waals surface area contributed by atoms with Gasteiger partial charge in [-0.1, -0.05) is 53.8 Å². The summed E-state index contributed by atoms with van der Waals surface area (Å²) in [4.78, 5) is 27.3. The van der Waals surface area contributed by atoms with Crippen molar-refractivity contribution in [1.82, 2.24) is 0 Å². The van der Waals surface area contributed by atoms with Crippen LogP contribution in [0.15, 0.2) is 76.1 Å². The van der Waals surface area contributed by atoms with Crippen molar-refractivity contribution in [2.45, 2.75) is 0 Å². The Balaban J connectivity index is 1.49. The molecule has 0 atom stereocenters. The average molecular weight is 590 g/mol. The lowest BCUT2D eigenvalue weighted by Gasteiger charge is -2.14. The summed E-state index contributed by atoms with van der Waals surface area (Å²) in [6.07, 6.45) is 1.74. The molecule has 0 radical (unpaired) electrons. The summed E-state index contributed by atoms with van der Waals surface area (Å²) >= 11 is 16.0. The van der Waals surface area contributed by atoms with E-state index in [0.29, 0.717) is 41.5 Å². The van der Waals surface area contributed by atoms with E-state index in [9.17, 15) is 9.59 Å². The molecule has 178 valence electrons. The van der Waals surface area contributed by atoms with Crippen LogP contribution in [-0.4, -0.2) is 29.9 Å². The fourth-order valence-electron chi connectivity index (χ4n) is 3.25. The maximum absolute atomic E-state index is 13.0. The third kappa shape index (κ3) is 6.05. The molecule has 2 amide bonds. The van der Waals surface area contributed by atoms with E-state index in [-0.39, 0.29) is 18.4 Å². The summed E-state index contributed by atoms with van der Waals surface area (Å²) in [5.74, 6) is 0.242. The highest BCUT2D eigenvalue weighted by atomic mass is 79.9. The number of nitrogens with one attached hydrogen (secondary N) is 1. The van der Waals surface area contributed by atoms with E-state index in [1.807, 2.05) is 30.3 Å². The van der Waals surface area contributed by atoms with Crippen LogP contribution >= 0.6 is 51.5 Å². The van der Waals surface area contributed by atoms with Gasteiger partial charge in [0, 0.05) is 10.7 Å². The van der Waals surface area contributed by atoms with E-state index in [1.54, 1.807) is 42.5 Å². The predicted octanol–water partition coefficient (Wildman–Crippen LogP) is 6.53. The van der Waals surface area contributed by atoms with Crippen molar-refractivity contribution < 1.29 is 19.1 Å². The summed E-state index contributed by atoms with van der Waals surface area (Å²) in [6, 6.07) is 19.5. The minimum absolute atomic E-state index is 0.194. The van der Waals surface area contributed by atoms with Gasteiger partial charge in [0.15, 0.2) is 22.4 Å². The largest absolute Gasteiger partial charge is 0.493 e. The first-order valence-corrected chi connectivity index (χ1v) is 12.6. The number of benzene rings is 3. The van der Waals surface area contributed by atoms with Crippen LogP contribution in [0.4, 0.5) is 11.4 Å². The number of carbonyl (C=O) groups is 2. The van der Waals surface area contributed by atoms with Crippen molar-refractivity contribution in [3.05, 3.63) is 86.7 Å². The minimum Gasteiger partial charge on any atom is -0.493 e. The number of thioether (sulfide) groups is 1. The number of amides is 2. The van der Waals surface area contributed by atoms with Crippen molar-refractivity contribution in [1.29, 1.82) is 0 Å². The molecule has 0 spiro atoms. The summed E-state index contributed by atoms with van der Waals surface area (Å²) in [6.45, 7) is -0.229. The standard InChI is InChI=1S/C25H18BrClN2O4S2/c1-32-20-12-15(13-21-24(31)29(25(34)35-21)18-5-3-2-4-6-18)11-19(26)23(20)33-14-22(30)28-17-9-7-16(27)8-10-17/h2-13H,14H2,1H3,(H,28,30)/b21-13-. The van der Waals surface area contributed by atoms with E-state index < -0.39 is 0 Å². The Labute approximate surface area is 225 Å². The van der Waals surface area contributed by atoms with Crippen LogP contribution in [0.2, 0.25) is 5.02 Å². The zero-order chi connectivity index (χ0) is 24.9. The van der Waals surface area contributed by atoms with Gasteiger partial charge in [0.25, 0.3) is 11.8 Å². The van der Waals surface area contributed by atoms with Gasteiger partial charge in [0.1, 0.15) is 0 Å². The van der Waals surface area contributed by atoms with Gasteiger partial charge in [-0.05, 0) is 76.1 Å². The number of carbonyl (C=O) groups excluding carboxylic acids is 2. The summed E-state index contributed by atoms with van der Waals surface area (Å²) < 4.78 is 12.2. The molecule has 0 unspecified atom stereocenters. The smallest absolute Gasteiger partial charge is 0.270 e. The Kier molecular flexibility index (Phi) is 8.12. The van der Waals surface area contributed by atoms with Crippen LogP contribution in [0.25, 0.3) is 6.08 Å². The monoisotopic (exact) mass is 588 g/mol. The molecule has 0 bridgehead atoms. The molecule has 0 aliphatic carbocycles. The molecule has 4 rings (SSSR count). The van der Waals surface area contributed by atoms with Crippen LogP contribution < -0.4 is 19.7 Å². The summed E-state index contributed by atoms with van der Waals surface area (Å²) in [5, 5.41) is 3.32. The number of hydrogen-bond acceptors (Lipinski definition) is 6. The molecule has 3 aromatic rings. The maximum atomic E-state index is 13.0.